The lowest BCUT2D eigenvalue weighted by Gasteiger charge is -2.24. The van der Waals surface area contributed by atoms with E-state index in [0.717, 1.165) is 5.56 Å². The van der Waals surface area contributed by atoms with Crippen molar-refractivity contribution in [2.75, 3.05) is 28.4 Å². The minimum atomic E-state index is -0.455. The van der Waals surface area contributed by atoms with Crippen LogP contribution in [0.15, 0.2) is 53.3 Å². The molecule has 204 valence electrons. The van der Waals surface area contributed by atoms with Crippen molar-refractivity contribution in [2.45, 2.75) is 32.4 Å². The number of methoxy groups -OCH3 is 4. The van der Waals surface area contributed by atoms with Crippen molar-refractivity contribution < 1.29 is 28.5 Å². The van der Waals surface area contributed by atoms with E-state index >= 15 is 0 Å². The molecular weight excluding hydrogens is 500 g/mol. The van der Waals surface area contributed by atoms with Gasteiger partial charge in [-0.1, -0.05) is 24.3 Å². The summed E-state index contributed by atoms with van der Waals surface area (Å²) in [7, 11) is 6.02. The summed E-state index contributed by atoms with van der Waals surface area (Å²) in [5, 5.41) is 5.98. The summed E-state index contributed by atoms with van der Waals surface area (Å²) in [5.74, 6) is 0.917. The van der Waals surface area contributed by atoms with E-state index in [0.29, 0.717) is 57.9 Å². The number of fused-ring (bicyclic) bond motifs is 3. The van der Waals surface area contributed by atoms with Crippen LogP contribution < -0.4 is 35.0 Å². The Labute approximate surface area is 227 Å². The molecule has 0 saturated heterocycles. The average Bonchev–Trinajstić information content (AvgIpc) is 3.19. The third-order valence-corrected chi connectivity index (χ3v) is 6.82. The molecule has 0 aromatic heterocycles. The highest BCUT2D eigenvalue weighted by Gasteiger charge is 2.32. The van der Waals surface area contributed by atoms with E-state index in [1.54, 1.807) is 36.4 Å². The molecule has 1 aliphatic carbocycles. The monoisotopic (exact) mass is 532 g/mol. The van der Waals surface area contributed by atoms with Crippen LogP contribution in [0.5, 0.6) is 23.0 Å². The van der Waals surface area contributed by atoms with Crippen molar-refractivity contribution in [3.8, 4) is 34.1 Å². The van der Waals surface area contributed by atoms with Gasteiger partial charge in [-0.05, 0) is 53.8 Å². The lowest BCUT2D eigenvalue weighted by Crippen LogP contribution is -2.26. The van der Waals surface area contributed by atoms with E-state index in [1.165, 1.54) is 41.4 Å². The van der Waals surface area contributed by atoms with Crippen molar-refractivity contribution in [1.29, 1.82) is 0 Å². The molecular formula is C30H32N2O7. The van der Waals surface area contributed by atoms with E-state index in [1.807, 2.05) is 6.07 Å². The Bertz CT molecular complexity index is 1450. The highest BCUT2D eigenvalue weighted by atomic mass is 16.5. The maximum atomic E-state index is 13.0. The molecule has 0 unspecified atom stereocenters. The predicted molar refractivity (Wildman–Crippen MR) is 147 cm³/mol. The zero-order valence-electron chi connectivity index (χ0n) is 22.7. The van der Waals surface area contributed by atoms with Gasteiger partial charge in [0.25, 0.3) is 5.91 Å². The molecule has 1 aliphatic rings. The fraction of sp³-hybridized carbons (Fsp3) is 0.300. The molecule has 2 amide bonds. The topological polar surface area (TPSA) is 112 Å². The van der Waals surface area contributed by atoms with Crippen molar-refractivity contribution in [3.63, 3.8) is 0 Å². The number of carbonyl (C=O) groups excluding carboxylic acids is 2. The van der Waals surface area contributed by atoms with Crippen LogP contribution in [0.4, 0.5) is 0 Å². The number of ether oxygens (including phenoxy) is 4. The van der Waals surface area contributed by atoms with Crippen LogP contribution in [0.3, 0.4) is 0 Å². The van der Waals surface area contributed by atoms with E-state index in [2.05, 4.69) is 10.6 Å². The van der Waals surface area contributed by atoms with Gasteiger partial charge >= 0.3 is 0 Å². The second kappa shape index (κ2) is 11.9. The highest BCUT2D eigenvalue weighted by Crippen LogP contribution is 2.52. The summed E-state index contributed by atoms with van der Waals surface area (Å²) in [6.07, 6.45) is 0.987. The van der Waals surface area contributed by atoms with Crippen LogP contribution in [0.2, 0.25) is 0 Å². The van der Waals surface area contributed by atoms with Gasteiger partial charge in [0.15, 0.2) is 17.2 Å². The summed E-state index contributed by atoms with van der Waals surface area (Å²) in [6.45, 7) is 1.59. The Hall–Kier alpha value is -4.53. The lowest BCUT2D eigenvalue weighted by atomic mass is 9.91. The molecule has 39 heavy (non-hydrogen) atoms. The summed E-state index contributed by atoms with van der Waals surface area (Å²) in [5.41, 5.74) is 3.78. The molecule has 3 aromatic carbocycles. The molecule has 0 bridgehead atoms. The van der Waals surface area contributed by atoms with Gasteiger partial charge in [0.1, 0.15) is 0 Å². The summed E-state index contributed by atoms with van der Waals surface area (Å²) in [6, 6.07) is 13.4. The van der Waals surface area contributed by atoms with Gasteiger partial charge in [0, 0.05) is 30.2 Å². The minimum Gasteiger partial charge on any atom is -0.493 e. The summed E-state index contributed by atoms with van der Waals surface area (Å²) < 4.78 is 22.8. The zero-order valence-corrected chi connectivity index (χ0v) is 22.7. The third kappa shape index (κ3) is 5.38. The second-order valence-corrected chi connectivity index (χ2v) is 9.05. The Morgan fingerprint density at radius 2 is 1.59 bits per heavy atom. The standard InChI is InChI=1S/C30H32N2O7/c1-17(33)32-23-13-11-20-22(16-31-30(35)18-9-7-6-8-10-18)27(37-3)29(39-5)28(38-4)26(20)19-12-14-25(36-2)24(34)15-21(19)23/h6-10,12,14-15,23H,11,13,16H2,1-5H3,(H,31,35)(H,32,33)/t23-/m0/s1. The first kappa shape index (κ1) is 27.5. The van der Waals surface area contributed by atoms with Crippen LogP contribution in [0, 0.1) is 0 Å². The Kier molecular flexibility index (Phi) is 8.39. The van der Waals surface area contributed by atoms with Gasteiger partial charge in [-0.15, -0.1) is 0 Å². The van der Waals surface area contributed by atoms with Gasteiger partial charge in [0.05, 0.1) is 34.5 Å². The normalized spacial score (nSPS) is 13.7. The molecule has 0 saturated carbocycles. The third-order valence-electron chi connectivity index (χ3n) is 6.82. The average molecular weight is 533 g/mol. The van der Waals surface area contributed by atoms with Gasteiger partial charge in [-0.25, -0.2) is 0 Å². The SMILES string of the molecule is COc1c(CNC(=O)c2ccccc2)c2c(c(OC)c1OC)-c1ccc(OC)c(=O)cc1[C@@H](NC(C)=O)CC2. The number of hydrogen-bond acceptors (Lipinski definition) is 7. The Balaban J connectivity index is 1.99. The maximum absolute atomic E-state index is 13.0. The van der Waals surface area contributed by atoms with Crippen LogP contribution in [-0.4, -0.2) is 40.3 Å². The van der Waals surface area contributed by atoms with Gasteiger partial charge in [-0.3, -0.25) is 14.4 Å². The fourth-order valence-corrected chi connectivity index (χ4v) is 5.13. The van der Waals surface area contributed by atoms with Crippen molar-refractivity contribution in [2.24, 2.45) is 0 Å². The molecule has 2 N–H and O–H groups in total. The minimum absolute atomic E-state index is 0.148. The smallest absolute Gasteiger partial charge is 0.251 e. The molecule has 1 atom stereocenters. The van der Waals surface area contributed by atoms with Gasteiger partial charge in [0.2, 0.25) is 17.1 Å². The summed E-state index contributed by atoms with van der Waals surface area (Å²) in [4.78, 5) is 38.1. The van der Waals surface area contributed by atoms with Crippen molar-refractivity contribution in [1.82, 2.24) is 10.6 Å². The Morgan fingerprint density at radius 3 is 2.21 bits per heavy atom. The molecule has 0 spiro atoms. The number of nitrogens with one attached hydrogen (secondary N) is 2. The lowest BCUT2D eigenvalue weighted by molar-refractivity contribution is -0.119. The Morgan fingerprint density at radius 1 is 0.897 bits per heavy atom. The van der Waals surface area contributed by atoms with Gasteiger partial charge < -0.3 is 29.6 Å². The van der Waals surface area contributed by atoms with E-state index in [-0.39, 0.29) is 29.5 Å². The molecule has 0 radical (unpaired) electrons. The molecule has 0 aliphatic heterocycles. The van der Waals surface area contributed by atoms with Crippen molar-refractivity contribution in [3.05, 3.63) is 81.0 Å². The largest absolute Gasteiger partial charge is 0.493 e. The molecule has 0 fully saturated rings. The quantitative estimate of drug-likeness (QED) is 0.454. The first-order chi connectivity index (χ1) is 18.8. The number of benzene rings is 2. The number of amides is 2. The predicted octanol–water partition coefficient (Wildman–Crippen LogP) is 3.80. The zero-order chi connectivity index (χ0) is 28.1. The first-order valence-electron chi connectivity index (χ1n) is 12.5. The summed E-state index contributed by atoms with van der Waals surface area (Å²) >= 11 is 0. The van der Waals surface area contributed by atoms with E-state index in [9.17, 15) is 14.4 Å². The molecule has 4 rings (SSSR count). The highest BCUT2D eigenvalue weighted by molar-refractivity contribution is 5.94. The van der Waals surface area contributed by atoms with Gasteiger partial charge in [-0.2, -0.15) is 0 Å². The van der Waals surface area contributed by atoms with E-state index in [4.69, 9.17) is 18.9 Å². The van der Waals surface area contributed by atoms with E-state index < -0.39 is 6.04 Å². The molecule has 9 nitrogen and oxygen atoms in total. The number of rotatable bonds is 8. The first-order valence-corrected chi connectivity index (χ1v) is 12.5. The number of carbonyl (C=O) groups is 2. The molecule has 3 aromatic rings. The molecule has 9 heteroatoms. The fourth-order valence-electron chi connectivity index (χ4n) is 5.13. The second-order valence-electron chi connectivity index (χ2n) is 9.05. The number of hydrogen-bond donors (Lipinski definition) is 2. The molecule has 0 heterocycles. The van der Waals surface area contributed by atoms with Crippen LogP contribution in [0.25, 0.3) is 11.1 Å². The van der Waals surface area contributed by atoms with Crippen molar-refractivity contribution >= 4 is 11.8 Å². The van der Waals surface area contributed by atoms with Crippen LogP contribution in [0.1, 0.15) is 46.4 Å². The van der Waals surface area contributed by atoms with Crippen LogP contribution in [-0.2, 0) is 17.8 Å². The van der Waals surface area contributed by atoms with Crippen LogP contribution >= 0.6 is 0 Å². The maximum Gasteiger partial charge on any atom is 0.251 e.